The average molecular weight is 346 g/mol. The number of benzene rings is 1. The fraction of sp³-hybridized carbons (Fsp3) is 0.389. The number of nitrogens with zero attached hydrogens (tertiary/aromatic N) is 1. The van der Waals surface area contributed by atoms with Crippen molar-refractivity contribution in [3.05, 3.63) is 46.8 Å². The Morgan fingerprint density at radius 2 is 2.12 bits per heavy atom. The number of aryl methyl sites for hydroxylation is 2. The summed E-state index contributed by atoms with van der Waals surface area (Å²) in [4.78, 5) is 22.7. The number of hydrogen-bond donors (Lipinski definition) is 2. The number of amides is 1. The van der Waals surface area contributed by atoms with E-state index in [2.05, 4.69) is 10.5 Å². The number of hydrogen-bond acceptors (Lipinski definition) is 5. The number of aromatic nitrogens is 1. The quantitative estimate of drug-likeness (QED) is 0.762. The van der Waals surface area contributed by atoms with Gasteiger partial charge in [0.1, 0.15) is 11.5 Å². The van der Waals surface area contributed by atoms with Crippen molar-refractivity contribution >= 4 is 11.9 Å². The van der Waals surface area contributed by atoms with Crippen molar-refractivity contribution in [3.63, 3.8) is 0 Å². The van der Waals surface area contributed by atoms with Crippen LogP contribution in [0.1, 0.15) is 41.8 Å². The van der Waals surface area contributed by atoms with Gasteiger partial charge >= 0.3 is 5.97 Å². The molecule has 0 saturated heterocycles. The molecule has 0 bridgehead atoms. The summed E-state index contributed by atoms with van der Waals surface area (Å²) in [6.07, 6.45) is 0.331. The Hall–Kier alpha value is -2.83. The number of carboxylic acid groups (broad SMARTS) is 1. The Kier molecular flexibility index (Phi) is 6.16. The van der Waals surface area contributed by atoms with Crippen molar-refractivity contribution in [3.8, 4) is 5.75 Å². The minimum Gasteiger partial charge on any atom is -0.482 e. The first kappa shape index (κ1) is 18.5. The van der Waals surface area contributed by atoms with Crippen molar-refractivity contribution in [2.75, 3.05) is 6.61 Å². The molecular weight excluding hydrogens is 324 g/mol. The minimum atomic E-state index is -1.04. The first-order valence-corrected chi connectivity index (χ1v) is 7.99. The van der Waals surface area contributed by atoms with Crippen LogP contribution >= 0.6 is 0 Å². The van der Waals surface area contributed by atoms with Crippen molar-refractivity contribution < 1.29 is 24.0 Å². The highest BCUT2D eigenvalue weighted by molar-refractivity contribution is 5.77. The van der Waals surface area contributed by atoms with Gasteiger partial charge in [-0.3, -0.25) is 4.79 Å². The molecule has 7 heteroatoms. The van der Waals surface area contributed by atoms with E-state index in [0.29, 0.717) is 18.7 Å². The van der Waals surface area contributed by atoms with E-state index in [1.807, 2.05) is 26.8 Å². The van der Waals surface area contributed by atoms with Gasteiger partial charge in [0.05, 0.1) is 5.69 Å². The van der Waals surface area contributed by atoms with Crippen LogP contribution in [0.15, 0.2) is 28.8 Å². The fourth-order valence-electron chi connectivity index (χ4n) is 2.74. The maximum Gasteiger partial charge on any atom is 0.341 e. The third-order valence-electron chi connectivity index (χ3n) is 3.82. The second-order valence-electron chi connectivity index (χ2n) is 5.95. The monoisotopic (exact) mass is 346 g/mol. The molecular formula is C18H22N2O5. The number of carbonyl (C=O) groups is 2. The lowest BCUT2D eigenvalue weighted by Gasteiger charge is -2.12. The normalized spacial score (nSPS) is 11.8. The molecule has 0 aliphatic heterocycles. The van der Waals surface area contributed by atoms with Gasteiger partial charge in [-0.1, -0.05) is 24.2 Å². The predicted octanol–water partition coefficient (Wildman–Crippen LogP) is 2.56. The summed E-state index contributed by atoms with van der Waals surface area (Å²) < 4.78 is 10.3. The Morgan fingerprint density at radius 1 is 1.36 bits per heavy atom. The van der Waals surface area contributed by atoms with Crippen LogP contribution in [-0.4, -0.2) is 28.7 Å². The van der Waals surface area contributed by atoms with Crippen LogP contribution in [-0.2, 0) is 16.1 Å². The molecule has 25 heavy (non-hydrogen) atoms. The van der Waals surface area contributed by atoms with Crippen LogP contribution in [0.3, 0.4) is 0 Å². The summed E-state index contributed by atoms with van der Waals surface area (Å²) in [6, 6.07) is 6.98. The predicted molar refractivity (Wildman–Crippen MR) is 90.4 cm³/mol. The molecule has 2 rings (SSSR count). The summed E-state index contributed by atoms with van der Waals surface area (Å²) in [5, 5.41) is 15.4. The summed E-state index contributed by atoms with van der Waals surface area (Å²) >= 11 is 0. The van der Waals surface area contributed by atoms with Crippen LogP contribution in [0.5, 0.6) is 5.75 Å². The Labute approximate surface area is 146 Å². The maximum absolute atomic E-state index is 12.2. The van der Waals surface area contributed by atoms with E-state index in [-0.39, 0.29) is 11.8 Å². The molecule has 0 aliphatic rings. The van der Waals surface area contributed by atoms with E-state index in [4.69, 9.17) is 14.4 Å². The van der Waals surface area contributed by atoms with Crippen molar-refractivity contribution in [2.24, 2.45) is 0 Å². The largest absolute Gasteiger partial charge is 0.482 e. The molecule has 7 nitrogen and oxygen atoms in total. The molecule has 1 aromatic carbocycles. The lowest BCUT2D eigenvalue weighted by atomic mass is 9.96. The number of carbonyl (C=O) groups excluding carboxylic acids is 1. The number of aliphatic carboxylic acids is 1. The molecule has 0 saturated carbocycles. The van der Waals surface area contributed by atoms with Crippen molar-refractivity contribution in [2.45, 2.75) is 39.7 Å². The lowest BCUT2D eigenvalue weighted by molar-refractivity contribution is -0.139. The first-order chi connectivity index (χ1) is 11.9. The molecule has 2 N–H and O–H groups in total. The topological polar surface area (TPSA) is 102 Å². The number of ether oxygens (including phenoxy) is 1. The lowest BCUT2D eigenvalue weighted by Crippen LogP contribution is -2.24. The van der Waals surface area contributed by atoms with Gasteiger partial charge in [0.25, 0.3) is 0 Å². The number of carboxylic acids is 1. The summed E-state index contributed by atoms with van der Waals surface area (Å²) in [7, 11) is 0. The molecule has 2 aromatic rings. The van der Waals surface area contributed by atoms with E-state index in [1.54, 1.807) is 18.2 Å². The standard InChI is InChI=1S/C18H22N2O5/c1-11(18-12(2)20-25-13(18)3)7-16(21)19-9-14-5-4-6-15(8-14)24-10-17(22)23/h4-6,8,11H,7,9-10H2,1-3H3,(H,19,21)(H,22,23). The first-order valence-electron chi connectivity index (χ1n) is 7.99. The minimum absolute atomic E-state index is 0.0106. The maximum atomic E-state index is 12.2. The molecule has 1 aromatic heterocycles. The van der Waals surface area contributed by atoms with E-state index < -0.39 is 12.6 Å². The summed E-state index contributed by atoms with van der Waals surface area (Å²) in [6.45, 7) is 5.61. The van der Waals surface area contributed by atoms with E-state index in [0.717, 1.165) is 22.6 Å². The third kappa shape index (κ3) is 5.34. The Morgan fingerprint density at radius 3 is 2.76 bits per heavy atom. The Bertz CT molecular complexity index is 734. The van der Waals surface area contributed by atoms with Gasteiger partial charge in [-0.2, -0.15) is 0 Å². The van der Waals surface area contributed by atoms with E-state index in [1.165, 1.54) is 0 Å². The highest BCUT2D eigenvalue weighted by Gasteiger charge is 2.19. The smallest absolute Gasteiger partial charge is 0.341 e. The van der Waals surface area contributed by atoms with Crippen LogP contribution in [0, 0.1) is 13.8 Å². The molecule has 0 spiro atoms. The molecule has 0 fully saturated rings. The van der Waals surface area contributed by atoms with Crippen LogP contribution in [0.2, 0.25) is 0 Å². The third-order valence-corrected chi connectivity index (χ3v) is 3.82. The number of nitrogens with one attached hydrogen (secondary N) is 1. The molecule has 1 amide bonds. The van der Waals surface area contributed by atoms with Gasteiger partial charge in [0, 0.05) is 18.5 Å². The second kappa shape index (κ2) is 8.32. The van der Waals surface area contributed by atoms with Gasteiger partial charge in [-0.15, -0.1) is 0 Å². The Balaban J connectivity index is 1.87. The van der Waals surface area contributed by atoms with Crippen LogP contribution < -0.4 is 10.1 Å². The highest BCUT2D eigenvalue weighted by atomic mass is 16.5. The van der Waals surface area contributed by atoms with Gasteiger partial charge in [0.15, 0.2) is 6.61 Å². The summed E-state index contributed by atoms with van der Waals surface area (Å²) in [5.41, 5.74) is 2.61. The van der Waals surface area contributed by atoms with Crippen LogP contribution in [0.4, 0.5) is 0 Å². The van der Waals surface area contributed by atoms with Gasteiger partial charge in [-0.25, -0.2) is 4.79 Å². The molecule has 1 unspecified atom stereocenters. The van der Waals surface area contributed by atoms with Crippen molar-refractivity contribution in [1.82, 2.24) is 10.5 Å². The van der Waals surface area contributed by atoms with E-state index >= 15 is 0 Å². The zero-order valence-corrected chi connectivity index (χ0v) is 14.5. The fourth-order valence-corrected chi connectivity index (χ4v) is 2.74. The summed E-state index contributed by atoms with van der Waals surface area (Å²) in [5.74, 6) is 0.0900. The molecule has 0 radical (unpaired) electrons. The second-order valence-corrected chi connectivity index (χ2v) is 5.95. The average Bonchev–Trinajstić information content (AvgIpc) is 2.90. The molecule has 1 heterocycles. The highest BCUT2D eigenvalue weighted by Crippen LogP contribution is 2.25. The van der Waals surface area contributed by atoms with Gasteiger partial charge in [-0.05, 0) is 37.5 Å². The van der Waals surface area contributed by atoms with Gasteiger partial charge < -0.3 is 19.7 Å². The molecule has 134 valence electrons. The van der Waals surface area contributed by atoms with Gasteiger partial charge in [0.2, 0.25) is 5.91 Å². The van der Waals surface area contributed by atoms with Crippen molar-refractivity contribution in [1.29, 1.82) is 0 Å². The van der Waals surface area contributed by atoms with Crippen LogP contribution in [0.25, 0.3) is 0 Å². The SMILES string of the molecule is Cc1noc(C)c1C(C)CC(=O)NCc1cccc(OCC(=O)O)c1. The molecule has 1 atom stereocenters. The zero-order chi connectivity index (χ0) is 18.4. The molecule has 0 aliphatic carbocycles. The number of rotatable bonds is 8. The van der Waals surface area contributed by atoms with E-state index in [9.17, 15) is 9.59 Å². The zero-order valence-electron chi connectivity index (χ0n) is 14.5.